The second-order valence-corrected chi connectivity index (χ2v) is 5.65. The van der Waals surface area contributed by atoms with E-state index < -0.39 is 0 Å². The minimum absolute atomic E-state index is 0. The predicted molar refractivity (Wildman–Crippen MR) is 94.0 cm³/mol. The van der Waals surface area contributed by atoms with Crippen LogP contribution in [-0.2, 0) is 19.5 Å². The molecule has 22 heavy (non-hydrogen) atoms. The minimum Gasteiger partial charge on any atom is -0.497 e. The Balaban J connectivity index is 0.00000176. The summed E-state index contributed by atoms with van der Waals surface area (Å²) < 4.78 is 5.29. The summed E-state index contributed by atoms with van der Waals surface area (Å²) in [5.74, 6) is 0.920. The van der Waals surface area contributed by atoms with Crippen LogP contribution in [0.15, 0.2) is 42.5 Å². The number of benzene rings is 2. The molecule has 118 valence electrons. The van der Waals surface area contributed by atoms with E-state index in [2.05, 4.69) is 47.6 Å². The van der Waals surface area contributed by atoms with E-state index in [0.29, 0.717) is 0 Å². The largest absolute Gasteiger partial charge is 0.497 e. The fourth-order valence-electron chi connectivity index (χ4n) is 2.97. The molecule has 0 aliphatic carbocycles. The van der Waals surface area contributed by atoms with Gasteiger partial charge in [-0.25, -0.2) is 0 Å². The number of nitrogens with one attached hydrogen (secondary N) is 1. The molecule has 1 aliphatic heterocycles. The molecule has 3 rings (SSSR count). The molecule has 0 amide bonds. The zero-order valence-electron chi connectivity index (χ0n) is 13.1. The lowest BCUT2D eigenvalue weighted by atomic mass is 10.1. The SMILES string of the molecule is COc1cccc(CN(C)Cc2cccc3c2NCC3)c1.Cl. The number of rotatable bonds is 5. The van der Waals surface area contributed by atoms with Gasteiger partial charge in [0, 0.05) is 25.3 Å². The molecule has 0 saturated carbocycles. The molecule has 0 fully saturated rings. The molecule has 2 aromatic carbocycles. The van der Waals surface area contributed by atoms with E-state index >= 15 is 0 Å². The van der Waals surface area contributed by atoms with Gasteiger partial charge in [-0.1, -0.05) is 30.3 Å². The van der Waals surface area contributed by atoms with E-state index in [0.717, 1.165) is 31.8 Å². The van der Waals surface area contributed by atoms with Gasteiger partial charge in [-0.05, 0) is 42.3 Å². The maximum absolute atomic E-state index is 5.29. The molecule has 0 atom stereocenters. The lowest BCUT2D eigenvalue weighted by Gasteiger charge is -2.19. The van der Waals surface area contributed by atoms with E-state index in [4.69, 9.17) is 4.74 Å². The van der Waals surface area contributed by atoms with Crippen LogP contribution < -0.4 is 10.1 Å². The standard InChI is InChI=1S/C18H22N2O.ClH/c1-20(12-14-5-3-8-17(11-14)21-2)13-16-7-4-6-15-9-10-19-18(15)16;/h3-8,11,19H,9-10,12-13H2,1-2H3;1H. The van der Waals surface area contributed by atoms with Crippen molar-refractivity contribution in [3.05, 3.63) is 59.2 Å². The summed E-state index contributed by atoms with van der Waals surface area (Å²) in [6, 6.07) is 14.9. The second-order valence-electron chi connectivity index (χ2n) is 5.65. The second kappa shape index (κ2) is 7.52. The van der Waals surface area contributed by atoms with Crippen molar-refractivity contribution in [3.63, 3.8) is 0 Å². The van der Waals surface area contributed by atoms with Gasteiger partial charge in [0.15, 0.2) is 0 Å². The highest BCUT2D eigenvalue weighted by Gasteiger charge is 2.14. The molecule has 2 aromatic rings. The fraction of sp³-hybridized carbons (Fsp3) is 0.333. The number of para-hydroxylation sites is 1. The monoisotopic (exact) mass is 318 g/mol. The molecule has 1 heterocycles. The lowest BCUT2D eigenvalue weighted by Crippen LogP contribution is -2.18. The summed E-state index contributed by atoms with van der Waals surface area (Å²) in [5, 5.41) is 3.51. The van der Waals surface area contributed by atoms with Crippen LogP contribution in [0.4, 0.5) is 5.69 Å². The molecule has 3 nitrogen and oxygen atoms in total. The van der Waals surface area contributed by atoms with Gasteiger partial charge in [0.1, 0.15) is 5.75 Å². The van der Waals surface area contributed by atoms with Crippen LogP contribution >= 0.6 is 12.4 Å². The van der Waals surface area contributed by atoms with Crippen LogP contribution in [0.25, 0.3) is 0 Å². The first-order valence-electron chi connectivity index (χ1n) is 7.42. The molecule has 0 unspecified atom stereocenters. The summed E-state index contributed by atoms with van der Waals surface area (Å²) in [6.07, 6.45) is 1.14. The van der Waals surface area contributed by atoms with Gasteiger partial charge in [0.2, 0.25) is 0 Å². The lowest BCUT2D eigenvalue weighted by molar-refractivity contribution is 0.318. The van der Waals surface area contributed by atoms with E-state index in [1.54, 1.807) is 7.11 Å². The number of anilines is 1. The Bertz CT molecular complexity index is 630. The highest BCUT2D eigenvalue weighted by molar-refractivity contribution is 5.85. The molecular formula is C18H23ClN2O. The predicted octanol–water partition coefficient (Wildman–Crippen LogP) is 3.72. The van der Waals surface area contributed by atoms with Gasteiger partial charge < -0.3 is 10.1 Å². The minimum atomic E-state index is 0. The molecule has 0 spiro atoms. The smallest absolute Gasteiger partial charge is 0.119 e. The van der Waals surface area contributed by atoms with Gasteiger partial charge in [-0.15, -0.1) is 12.4 Å². The Morgan fingerprint density at radius 2 is 1.95 bits per heavy atom. The number of hydrogen-bond acceptors (Lipinski definition) is 3. The highest BCUT2D eigenvalue weighted by Crippen LogP contribution is 2.27. The Morgan fingerprint density at radius 3 is 2.77 bits per heavy atom. The first kappa shape index (κ1) is 16.7. The summed E-state index contributed by atoms with van der Waals surface area (Å²) in [6.45, 7) is 2.93. The van der Waals surface area contributed by atoms with E-state index in [9.17, 15) is 0 Å². The van der Waals surface area contributed by atoms with Crippen molar-refractivity contribution in [2.24, 2.45) is 0 Å². The third-order valence-electron chi connectivity index (χ3n) is 3.96. The van der Waals surface area contributed by atoms with Crippen molar-refractivity contribution in [2.45, 2.75) is 19.5 Å². The molecule has 0 saturated heterocycles. The quantitative estimate of drug-likeness (QED) is 0.909. The van der Waals surface area contributed by atoms with Crippen molar-refractivity contribution in [3.8, 4) is 5.75 Å². The summed E-state index contributed by atoms with van der Waals surface area (Å²) >= 11 is 0. The van der Waals surface area contributed by atoms with Crippen molar-refractivity contribution in [2.75, 3.05) is 26.0 Å². The topological polar surface area (TPSA) is 24.5 Å². The molecule has 0 radical (unpaired) electrons. The molecule has 1 N–H and O–H groups in total. The van der Waals surface area contributed by atoms with Crippen molar-refractivity contribution in [1.82, 2.24) is 4.90 Å². The Morgan fingerprint density at radius 1 is 1.14 bits per heavy atom. The van der Waals surface area contributed by atoms with Crippen LogP contribution in [0.5, 0.6) is 5.75 Å². The summed E-state index contributed by atoms with van der Waals surface area (Å²) in [5.41, 5.74) is 5.45. The zero-order valence-corrected chi connectivity index (χ0v) is 14.0. The normalized spacial score (nSPS) is 12.5. The van der Waals surface area contributed by atoms with Gasteiger partial charge >= 0.3 is 0 Å². The van der Waals surface area contributed by atoms with Crippen molar-refractivity contribution < 1.29 is 4.74 Å². The van der Waals surface area contributed by atoms with Crippen molar-refractivity contribution in [1.29, 1.82) is 0 Å². The molecule has 4 heteroatoms. The Labute approximate surface area is 138 Å². The molecule has 0 bridgehead atoms. The average molecular weight is 319 g/mol. The third-order valence-corrected chi connectivity index (χ3v) is 3.96. The van der Waals surface area contributed by atoms with Gasteiger partial charge in [0.25, 0.3) is 0 Å². The van der Waals surface area contributed by atoms with Crippen LogP contribution in [0, 0.1) is 0 Å². The summed E-state index contributed by atoms with van der Waals surface area (Å²) in [4.78, 5) is 2.34. The number of fused-ring (bicyclic) bond motifs is 1. The third kappa shape index (κ3) is 3.73. The number of ether oxygens (including phenoxy) is 1. The molecular weight excluding hydrogens is 296 g/mol. The van der Waals surface area contributed by atoms with Gasteiger partial charge in [0.05, 0.1) is 7.11 Å². The number of methoxy groups -OCH3 is 1. The highest BCUT2D eigenvalue weighted by atomic mass is 35.5. The van der Waals surface area contributed by atoms with E-state index in [1.165, 1.54) is 22.4 Å². The van der Waals surface area contributed by atoms with Crippen LogP contribution in [0.3, 0.4) is 0 Å². The van der Waals surface area contributed by atoms with E-state index in [-0.39, 0.29) is 12.4 Å². The number of hydrogen-bond donors (Lipinski definition) is 1. The van der Waals surface area contributed by atoms with Crippen molar-refractivity contribution >= 4 is 18.1 Å². The Hall–Kier alpha value is -1.71. The van der Waals surface area contributed by atoms with Crippen LogP contribution in [0.1, 0.15) is 16.7 Å². The fourth-order valence-corrected chi connectivity index (χ4v) is 2.97. The zero-order chi connectivity index (χ0) is 14.7. The van der Waals surface area contributed by atoms with E-state index in [1.807, 2.05) is 12.1 Å². The number of nitrogens with zero attached hydrogens (tertiary/aromatic N) is 1. The maximum Gasteiger partial charge on any atom is 0.119 e. The Kier molecular flexibility index (Phi) is 5.69. The van der Waals surface area contributed by atoms with Crippen LogP contribution in [0.2, 0.25) is 0 Å². The van der Waals surface area contributed by atoms with Crippen LogP contribution in [-0.4, -0.2) is 25.6 Å². The van der Waals surface area contributed by atoms with Gasteiger partial charge in [-0.2, -0.15) is 0 Å². The average Bonchev–Trinajstić information content (AvgIpc) is 2.97. The first-order valence-corrected chi connectivity index (χ1v) is 7.42. The maximum atomic E-state index is 5.29. The molecule has 0 aromatic heterocycles. The first-order chi connectivity index (χ1) is 10.3. The summed E-state index contributed by atoms with van der Waals surface area (Å²) in [7, 11) is 3.87. The van der Waals surface area contributed by atoms with Gasteiger partial charge in [-0.3, -0.25) is 4.90 Å². The molecule has 1 aliphatic rings. The number of halogens is 1.